The van der Waals surface area contributed by atoms with Gasteiger partial charge in [-0.3, -0.25) is 0 Å². The zero-order valence-corrected chi connectivity index (χ0v) is 33.1. The van der Waals surface area contributed by atoms with Crippen molar-refractivity contribution in [2.45, 2.75) is 12.3 Å². The standard InChI is InChI=1S/C58H41NO/c1-3-14-40(15-4-1)41-30-34-48(35-31-41)59(50-23-10-22-47(39-50)52-25-11-19-43-18-7-8-24-51(43)52)49-36-32-42(33-37-49)45-20-9-21-46(38-45)53-26-13-29-56-57(53)55-28-12-27-54(58(55)60-56)44-16-5-2-6-17-44/h1-25,27-39,53H,26H2. The average Bonchev–Trinajstić information content (AvgIpc) is 3.72. The first-order chi connectivity index (χ1) is 29.7. The molecule has 11 rings (SSSR count). The topological polar surface area (TPSA) is 16.4 Å². The van der Waals surface area contributed by atoms with Crippen LogP contribution >= 0.6 is 0 Å². The second kappa shape index (κ2) is 15.2. The Morgan fingerprint density at radius 3 is 1.75 bits per heavy atom. The third-order valence-corrected chi connectivity index (χ3v) is 12.0. The van der Waals surface area contributed by atoms with Gasteiger partial charge in [0.2, 0.25) is 0 Å². The molecule has 0 aliphatic heterocycles. The summed E-state index contributed by atoms with van der Waals surface area (Å²) in [5, 5.41) is 3.68. The normalized spacial score (nSPS) is 13.4. The van der Waals surface area contributed by atoms with Crippen LogP contribution in [0.15, 0.2) is 229 Å². The maximum atomic E-state index is 6.64. The SMILES string of the molecule is C1=Cc2oc3c(-c4ccccc4)cccc3c2C(c2cccc(-c3ccc(N(c4ccc(-c5ccccc5)cc4)c4cccc(-c5cccc6ccccc56)c4)cc3)c2)C1. The molecule has 1 unspecified atom stereocenters. The van der Waals surface area contributed by atoms with Crippen LogP contribution in [0.2, 0.25) is 0 Å². The van der Waals surface area contributed by atoms with Crippen LogP contribution in [0.25, 0.3) is 72.3 Å². The number of fused-ring (bicyclic) bond motifs is 4. The van der Waals surface area contributed by atoms with Crippen LogP contribution < -0.4 is 4.90 Å². The number of allylic oxidation sites excluding steroid dienone is 1. The van der Waals surface area contributed by atoms with E-state index in [1.54, 1.807) is 0 Å². The molecule has 1 aliphatic rings. The highest BCUT2D eigenvalue weighted by Crippen LogP contribution is 2.45. The molecule has 2 heteroatoms. The van der Waals surface area contributed by atoms with E-state index in [2.05, 4.69) is 235 Å². The monoisotopic (exact) mass is 767 g/mol. The van der Waals surface area contributed by atoms with Crippen LogP contribution in [-0.2, 0) is 0 Å². The summed E-state index contributed by atoms with van der Waals surface area (Å²) in [5.41, 5.74) is 16.3. The lowest BCUT2D eigenvalue weighted by atomic mass is 9.82. The molecule has 0 saturated carbocycles. The maximum absolute atomic E-state index is 6.64. The van der Waals surface area contributed by atoms with Crippen molar-refractivity contribution < 1.29 is 4.42 Å². The lowest BCUT2D eigenvalue weighted by molar-refractivity contribution is 0.590. The summed E-state index contributed by atoms with van der Waals surface area (Å²) in [6.45, 7) is 0. The molecule has 0 N–H and O–H groups in total. The van der Waals surface area contributed by atoms with Gasteiger partial charge in [-0.2, -0.15) is 0 Å². The highest BCUT2D eigenvalue weighted by Gasteiger charge is 2.27. The number of nitrogens with zero attached hydrogens (tertiary/aromatic N) is 1. The van der Waals surface area contributed by atoms with E-state index in [1.165, 1.54) is 66.2 Å². The lowest BCUT2D eigenvalue weighted by Gasteiger charge is -2.26. The van der Waals surface area contributed by atoms with Gasteiger partial charge in [0.05, 0.1) is 0 Å². The van der Waals surface area contributed by atoms with Gasteiger partial charge in [0, 0.05) is 39.5 Å². The Labute approximate surface area is 351 Å². The van der Waals surface area contributed by atoms with Gasteiger partial charge in [-0.1, -0.05) is 188 Å². The van der Waals surface area contributed by atoms with E-state index in [4.69, 9.17) is 4.42 Å². The number of hydrogen-bond donors (Lipinski definition) is 0. The maximum Gasteiger partial charge on any atom is 0.142 e. The van der Waals surface area contributed by atoms with Crippen molar-refractivity contribution in [3.8, 4) is 44.5 Å². The number of benzene rings is 9. The van der Waals surface area contributed by atoms with Gasteiger partial charge >= 0.3 is 0 Å². The molecule has 1 aromatic heterocycles. The van der Waals surface area contributed by atoms with Gasteiger partial charge in [-0.25, -0.2) is 0 Å². The molecular weight excluding hydrogens is 727 g/mol. The molecule has 0 spiro atoms. The number of hydrogen-bond acceptors (Lipinski definition) is 2. The lowest BCUT2D eigenvalue weighted by Crippen LogP contribution is -2.10. The van der Waals surface area contributed by atoms with Crippen LogP contribution in [-0.4, -0.2) is 0 Å². The summed E-state index contributed by atoms with van der Waals surface area (Å²) < 4.78 is 6.64. The van der Waals surface area contributed by atoms with E-state index in [-0.39, 0.29) is 5.92 Å². The third kappa shape index (κ3) is 6.49. The van der Waals surface area contributed by atoms with Gasteiger partial charge in [0.25, 0.3) is 0 Å². The van der Waals surface area contributed by atoms with Crippen molar-refractivity contribution in [2.75, 3.05) is 4.90 Å². The zero-order valence-electron chi connectivity index (χ0n) is 33.1. The quantitative estimate of drug-likeness (QED) is 0.153. The molecule has 0 radical (unpaired) electrons. The molecule has 9 aromatic carbocycles. The van der Waals surface area contributed by atoms with E-state index in [0.717, 1.165) is 40.4 Å². The van der Waals surface area contributed by atoms with E-state index >= 15 is 0 Å². The van der Waals surface area contributed by atoms with Crippen molar-refractivity contribution in [2.24, 2.45) is 0 Å². The largest absolute Gasteiger partial charge is 0.456 e. The Morgan fingerprint density at radius 2 is 0.967 bits per heavy atom. The zero-order chi connectivity index (χ0) is 39.8. The van der Waals surface area contributed by atoms with Crippen LogP contribution in [0.5, 0.6) is 0 Å². The van der Waals surface area contributed by atoms with Crippen LogP contribution in [0.3, 0.4) is 0 Å². The Kier molecular flexibility index (Phi) is 9.02. The summed E-state index contributed by atoms with van der Waals surface area (Å²) in [4.78, 5) is 2.37. The van der Waals surface area contributed by atoms with E-state index in [1.807, 2.05) is 0 Å². The smallest absolute Gasteiger partial charge is 0.142 e. The molecule has 0 amide bonds. The van der Waals surface area contributed by atoms with Gasteiger partial charge in [0.1, 0.15) is 11.3 Å². The van der Waals surface area contributed by atoms with Crippen LogP contribution in [0, 0.1) is 0 Å². The molecule has 1 atom stereocenters. The fraction of sp³-hybridized carbons (Fsp3) is 0.0345. The molecular formula is C58H41NO. The molecule has 0 bridgehead atoms. The fourth-order valence-corrected chi connectivity index (χ4v) is 9.13. The molecule has 0 saturated heterocycles. The predicted molar refractivity (Wildman–Crippen MR) is 252 cm³/mol. The molecule has 0 fully saturated rings. The first-order valence-corrected chi connectivity index (χ1v) is 20.8. The van der Waals surface area contributed by atoms with Gasteiger partial charge in [0.15, 0.2) is 0 Å². The van der Waals surface area contributed by atoms with Gasteiger partial charge < -0.3 is 9.32 Å². The second-order valence-corrected chi connectivity index (χ2v) is 15.6. The number of para-hydroxylation sites is 1. The summed E-state index contributed by atoms with van der Waals surface area (Å²) in [6, 6.07) is 78.8. The van der Waals surface area contributed by atoms with E-state index in [9.17, 15) is 0 Å². The number of furan rings is 1. The van der Waals surface area contributed by atoms with E-state index < -0.39 is 0 Å². The Morgan fingerprint density at radius 1 is 0.400 bits per heavy atom. The Balaban J connectivity index is 0.956. The van der Waals surface area contributed by atoms with Gasteiger partial charge in [-0.15, -0.1) is 0 Å². The molecule has 284 valence electrons. The fourth-order valence-electron chi connectivity index (χ4n) is 9.13. The first-order valence-electron chi connectivity index (χ1n) is 20.8. The van der Waals surface area contributed by atoms with Crippen LogP contribution in [0.1, 0.15) is 29.2 Å². The van der Waals surface area contributed by atoms with Crippen LogP contribution in [0.4, 0.5) is 17.1 Å². The second-order valence-electron chi connectivity index (χ2n) is 15.6. The average molecular weight is 768 g/mol. The highest BCUT2D eigenvalue weighted by atomic mass is 16.3. The molecule has 1 aliphatic carbocycles. The molecule has 1 heterocycles. The summed E-state index contributed by atoms with van der Waals surface area (Å²) in [5.74, 6) is 1.15. The third-order valence-electron chi connectivity index (χ3n) is 12.0. The summed E-state index contributed by atoms with van der Waals surface area (Å²) in [7, 11) is 0. The van der Waals surface area contributed by atoms with Crippen molar-refractivity contribution in [1.82, 2.24) is 0 Å². The summed E-state index contributed by atoms with van der Waals surface area (Å²) >= 11 is 0. The minimum Gasteiger partial charge on any atom is -0.456 e. The van der Waals surface area contributed by atoms with E-state index in [0.29, 0.717) is 0 Å². The Bertz CT molecular complexity index is 3150. The molecule has 2 nitrogen and oxygen atoms in total. The molecule has 10 aromatic rings. The molecule has 60 heavy (non-hydrogen) atoms. The predicted octanol–water partition coefficient (Wildman–Crippen LogP) is 16.3. The summed E-state index contributed by atoms with van der Waals surface area (Å²) in [6.07, 6.45) is 5.34. The highest BCUT2D eigenvalue weighted by molar-refractivity contribution is 5.98. The number of rotatable bonds is 8. The number of anilines is 3. The van der Waals surface area contributed by atoms with Crippen molar-refractivity contribution in [1.29, 1.82) is 0 Å². The van der Waals surface area contributed by atoms with Crippen molar-refractivity contribution in [3.63, 3.8) is 0 Å². The van der Waals surface area contributed by atoms with Crippen molar-refractivity contribution >= 4 is 44.9 Å². The minimum atomic E-state index is 0.194. The first kappa shape index (κ1) is 35.5. The minimum absolute atomic E-state index is 0.194. The Hall–Kier alpha value is -7.68. The van der Waals surface area contributed by atoms with Crippen molar-refractivity contribution in [3.05, 3.63) is 241 Å². The van der Waals surface area contributed by atoms with Gasteiger partial charge in [-0.05, 0) is 104 Å².